The van der Waals surface area contributed by atoms with Crippen LogP contribution in [0, 0.1) is 0 Å². The Morgan fingerprint density at radius 1 is 1.14 bits per heavy atom. The van der Waals surface area contributed by atoms with Gasteiger partial charge in [0.05, 0.1) is 34.5 Å². The molecule has 1 N–H and O–H groups in total. The lowest BCUT2D eigenvalue weighted by molar-refractivity contribution is -0.136. The molecular formula is C20H17Cl2F3N2O2. The molecule has 1 aliphatic heterocycles. The zero-order valence-corrected chi connectivity index (χ0v) is 16.6. The molecule has 0 saturated carbocycles. The Kier molecular flexibility index (Phi) is 6.72. The van der Waals surface area contributed by atoms with E-state index in [9.17, 15) is 18.0 Å². The summed E-state index contributed by atoms with van der Waals surface area (Å²) in [5, 5.41) is 2.85. The number of carbonyl (C=O) groups is 1. The Morgan fingerprint density at radius 2 is 1.86 bits per heavy atom. The molecule has 4 nitrogen and oxygen atoms in total. The summed E-state index contributed by atoms with van der Waals surface area (Å²) in [6.07, 6.45) is -2.13. The first-order chi connectivity index (χ1) is 13.8. The molecule has 29 heavy (non-hydrogen) atoms. The molecule has 1 aliphatic rings. The number of carbonyl (C=O) groups excluding carboxylic acids is 1. The highest BCUT2D eigenvalue weighted by molar-refractivity contribution is 6.42. The molecule has 9 heteroatoms. The van der Waals surface area contributed by atoms with Crippen molar-refractivity contribution < 1.29 is 22.7 Å². The van der Waals surface area contributed by atoms with Gasteiger partial charge in [0.2, 0.25) is 5.91 Å². The van der Waals surface area contributed by atoms with Gasteiger partial charge in [-0.05, 0) is 35.9 Å². The molecule has 2 aromatic rings. The number of morpholine rings is 1. The fraction of sp³-hybridized carbons (Fsp3) is 0.250. The number of amides is 1. The molecule has 0 bridgehead atoms. The molecule has 1 heterocycles. The Balaban J connectivity index is 1.81. The van der Waals surface area contributed by atoms with Crippen molar-refractivity contribution in [2.24, 2.45) is 0 Å². The highest BCUT2D eigenvalue weighted by atomic mass is 35.5. The summed E-state index contributed by atoms with van der Waals surface area (Å²) in [5.74, 6) is -0.717. The molecule has 0 unspecified atom stereocenters. The summed E-state index contributed by atoms with van der Waals surface area (Å²) in [4.78, 5) is 14.0. The second kappa shape index (κ2) is 9.07. The van der Waals surface area contributed by atoms with Crippen LogP contribution < -0.4 is 10.2 Å². The Morgan fingerprint density at radius 3 is 2.55 bits per heavy atom. The summed E-state index contributed by atoms with van der Waals surface area (Å²) in [6, 6.07) is 8.72. The topological polar surface area (TPSA) is 41.6 Å². The van der Waals surface area contributed by atoms with Crippen molar-refractivity contribution in [1.29, 1.82) is 0 Å². The minimum atomic E-state index is -4.62. The standard InChI is InChI=1S/C20H17Cl2F3N2O2/c21-16-3-1-2-13(19(16)22)4-7-18(28)26-17-6-5-14(12-15(17)20(23,24)25)27-8-10-29-11-9-27/h1-7,12H,8-11H2,(H,26,28)/b7-4+. The van der Waals surface area contributed by atoms with Crippen LogP contribution in [0.25, 0.3) is 6.08 Å². The zero-order chi connectivity index (χ0) is 21.0. The minimum absolute atomic E-state index is 0.254. The maximum absolute atomic E-state index is 13.5. The number of ether oxygens (including phenoxy) is 1. The first-order valence-corrected chi connectivity index (χ1v) is 9.48. The van der Waals surface area contributed by atoms with E-state index in [0.29, 0.717) is 42.6 Å². The molecule has 154 valence electrons. The third-order valence-electron chi connectivity index (χ3n) is 4.34. The number of alkyl halides is 3. The van der Waals surface area contributed by atoms with E-state index >= 15 is 0 Å². The number of nitrogens with one attached hydrogen (secondary N) is 1. The van der Waals surface area contributed by atoms with Gasteiger partial charge in [-0.1, -0.05) is 35.3 Å². The van der Waals surface area contributed by atoms with Gasteiger partial charge in [-0.25, -0.2) is 0 Å². The van der Waals surface area contributed by atoms with Crippen molar-refractivity contribution in [3.8, 4) is 0 Å². The first-order valence-electron chi connectivity index (χ1n) is 8.73. The average Bonchev–Trinajstić information content (AvgIpc) is 2.69. The van der Waals surface area contributed by atoms with Crippen LogP contribution in [0.1, 0.15) is 11.1 Å². The largest absolute Gasteiger partial charge is 0.418 e. The number of benzene rings is 2. The lowest BCUT2D eigenvalue weighted by atomic mass is 10.1. The Labute approximate surface area is 175 Å². The molecular weight excluding hydrogens is 428 g/mol. The second-order valence-corrected chi connectivity index (χ2v) is 7.08. The Hall–Kier alpha value is -2.22. The van der Waals surface area contributed by atoms with E-state index in [4.69, 9.17) is 27.9 Å². The van der Waals surface area contributed by atoms with Crippen LogP contribution in [0.3, 0.4) is 0 Å². The zero-order valence-electron chi connectivity index (χ0n) is 15.1. The molecule has 0 atom stereocenters. The highest BCUT2D eigenvalue weighted by Crippen LogP contribution is 2.37. The smallest absolute Gasteiger partial charge is 0.378 e. The maximum Gasteiger partial charge on any atom is 0.418 e. The Bertz CT molecular complexity index is 926. The number of anilines is 2. The molecule has 1 amide bonds. The molecule has 0 radical (unpaired) electrons. The normalized spacial score (nSPS) is 15.0. The third-order valence-corrected chi connectivity index (χ3v) is 5.17. The van der Waals surface area contributed by atoms with Crippen molar-refractivity contribution in [2.75, 3.05) is 36.5 Å². The van der Waals surface area contributed by atoms with Crippen LogP contribution in [-0.4, -0.2) is 32.2 Å². The first kappa shape index (κ1) is 21.5. The van der Waals surface area contributed by atoms with Crippen LogP contribution in [0.15, 0.2) is 42.5 Å². The summed E-state index contributed by atoms with van der Waals surface area (Å²) in [5.41, 5.74) is -0.321. The lowest BCUT2D eigenvalue weighted by Crippen LogP contribution is -2.36. The van der Waals surface area contributed by atoms with E-state index in [-0.39, 0.29) is 10.7 Å². The van der Waals surface area contributed by atoms with Gasteiger partial charge in [-0.3, -0.25) is 4.79 Å². The van der Waals surface area contributed by atoms with E-state index in [1.807, 2.05) is 4.90 Å². The molecule has 1 saturated heterocycles. The van der Waals surface area contributed by atoms with Gasteiger partial charge in [-0.2, -0.15) is 13.2 Å². The fourth-order valence-electron chi connectivity index (χ4n) is 2.88. The maximum atomic E-state index is 13.5. The molecule has 0 aliphatic carbocycles. The lowest BCUT2D eigenvalue weighted by Gasteiger charge is -2.29. The van der Waals surface area contributed by atoms with E-state index in [1.54, 1.807) is 24.3 Å². The van der Waals surface area contributed by atoms with Crippen LogP contribution in [0.5, 0.6) is 0 Å². The second-order valence-electron chi connectivity index (χ2n) is 6.29. The van der Waals surface area contributed by atoms with Crippen LogP contribution in [-0.2, 0) is 15.7 Å². The molecule has 1 fully saturated rings. The number of rotatable bonds is 4. The van der Waals surface area contributed by atoms with Gasteiger partial charge < -0.3 is 15.0 Å². The van der Waals surface area contributed by atoms with Crippen molar-refractivity contribution in [2.45, 2.75) is 6.18 Å². The van der Waals surface area contributed by atoms with Crippen LogP contribution in [0.4, 0.5) is 24.5 Å². The van der Waals surface area contributed by atoms with Gasteiger partial charge in [0.25, 0.3) is 0 Å². The number of halogens is 5. The monoisotopic (exact) mass is 444 g/mol. The quantitative estimate of drug-likeness (QED) is 0.632. The highest BCUT2D eigenvalue weighted by Gasteiger charge is 2.34. The van der Waals surface area contributed by atoms with Gasteiger partial charge >= 0.3 is 6.18 Å². The van der Waals surface area contributed by atoms with Crippen LogP contribution in [0.2, 0.25) is 10.0 Å². The van der Waals surface area contributed by atoms with Gasteiger partial charge in [0.15, 0.2) is 0 Å². The fourth-order valence-corrected chi connectivity index (χ4v) is 3.25. The predicted octanol–water partition coefficient (Wildman–Crippen LogP) is 5.50. The number of nitrogens with zero attached hydrogens (tertiary/aromatic N) is 1. The van der Waals surface area contributed by atoms with Crippen molar-refractivity contribution >= 4 is 46.6 Å². The molecule has 0 aromatic heterocycles. The van der Waals surface area contributed by atoms with E-state index < -0.39 is 17.6 Å². The molecule has 3 rings (SSSR count). The van der Waals surface area contributed by atoms with E-state index in [1.165, 1.54) is 12.1 Å². The van der Waals surface area contributed by atoms with Gasteiger partial charge in [-0.15, -0.1) is 0 Å². The van der Waals surface area contributed by atoms with Gasteiger partial charge in [0.1, 0.15) is 0 Å². The number of hydrogen-bond donors (Lipinski definition) is 1. The van der Waals surface area contributed by atoms with E-state index in [0.717, 1.165) is 12.1 Å². The summed E-state index contributed by atoms with van der Waals surface area (Å²) >= 11 is 11.9. The predicted molar refractivity (Wildman–Crippen MR) is 109 cm³/mol. The number of hydrogen-bond acceptors (Lipinski definition) is 3. The van der Waals surface area contributed by atoms with Crippen molar-refractivity contribution in [3.63, 3.8) is 0 Å². The van der Waals surface area contributed by atoms with Crippen molar-refractivity contribution in [1.82, 2.24) is 0 Å². The molecule has 0 spiro atoms. The summed E-state index contributed by atoms with van der Waals surface area (Å²) in [6.45, 7) is 1.92. The summed E-state index contributed by atoms with van der Waals surface area (Å²) in [7, 11) is 0. The van der Waals surface area contributed by atoms with Gasteiger partial charge in [0, 0.05) is 24.9 Å². The minimum Gasteiger partial charge on any atom is -0.378 e. The SMILES string of the molecule is O=C(/C=C/c1cccc(Cl)c1Cl)Nc1ccc(N2CCOCC2)cc1C(F)(F)F. The molecule has 2 aromatic carbocycles. The third kappa shape index (κ3) is 5.44. The average molecular weight is 445 g/mol. The van der Waals surface area contributed by atoms with E-state index in [2.05, 4.69) is 5.32 Å². The van der Waals surface area contributed by atoms with Crippen molar-refractivity contribution in [3.05, 3.63) is 63.6 Å². The summed E-state index contributed by atoms with van der Waals surface area (Å²) < 4.78 is 45.9. The van der Waals surface area contributed by atoms with Crippen LogP contribution >= 0.6 is 23.2 Å².